The van der Waals surface area contributed by atoms with Crippen LogP contribution in [0.25, 0.3) is 0 Å². The van der Waals surface area contributed by atoms with Gasteiger partial charge in [0.2, 0.25) is 16.6 Å². The van der Waals surface area contributed by atoms with Crippen LogP contribution in [0.2, 0.25) is 0 Å². The second-order valence-electron chi connectivity index (χ2n) is 13.5. The van der Waals surface area contributed by atoms with Crippen molar-refractivity contribution in [2.24, 2.45) is 0 Å². The standard InChI is InChI=1S/C15H46N4O38P12S/c1-4-16(10(58(22,23)24)59(25,26)27)13(64(40,41)42,65(43,44)45)19(14(66(46,47)48,67(49,50)51)17(5-2)11(60(28,29)30)61(31,32)33)8(9(20)21)7-70-15(68(52,53)54,69(55,56)57)18(6-3)12(62(34,35)36)63(37,38)39/h8,10-12H,4-7H2,1-3H3,(H,20,21)(H2,22,23,24)(H2,25,26,27)(H2,28,29,30)(H2,31,32,33)(H2,34,35,36)(H2,37,38,39)(H2,40,41,42)(H2,43,44,45)(H2,46,47,48)(H2,49,50,51)(H2,52,53,54)(H2,55,56,57)/t8-/m0/s1. The summed E-state index contributed by atoms with van der Waals surface area (Å²) >= 11 is -1.88. The second kappa shape index (κ2) is 22.3. The summed E-state index contributed by atoms with van der Waals surface area (Å²) in [4.78, 5) is 259. The molecule has 55 heteroatoms. The number of aliphatic carboxylic acids is 1. The van der Waals surface area contributed by atoms with Gasteiger partial charge < -0.3 is 123 Å². The summed E-state index contributed by atoms with van der Waals surface area (Å²) in [7, 11) is -92.9. The van der Waals surface area contributed by atoms with Crippen molar-refractivity contribution >= 4 is 109 Å². The van der Waals surface area contributed by atoms with E-state index in [-0.39, 0.29) is 20.8 Å². The maximum absolute atomic E-state index is 14.1. The first-order chi connectivity index (χ1) is 30.1. The Bertz CT molecular complexity index is 2300. The van der Waals surface area contributed by atoms with Crippen molar-refractivity contribution in [1.82, 2.24) is 19.6 Å². The lowest BCUT2D eigenvalue weighted by molar-refractivity contribution is -0.151. The molecular weight excluding hydrogens is 1250 g/mol. The van der Waals surface area contributed by atoms with Gasteiger partial charge in [0, 0.05) is 5.75 Å². The van der Waals surface area contributed by atoms with E-state index in [9.17, 15) is 182 Å². The first-order valence-corrected chi connectivity index (χ1v) is 37.5. The number of carboxylic acids is 1. The van der Waals surface area contributed by atoms with Gasteiger partial charge in [-0.15, -0.1) is 11.8 Å². The Labute approximate surface area is 393 Å². The summed E-state index contributed by atoms with van der Waals surface area (Å²) in [6.45, 7) is -6.61. The normalized spacial score (nSPS) is 16.4. The molecule has 0 amide bonds. The number of hydrogen-bond acceptors (Lipinski definition) is 18. The molecule has 0 aromatic heterocycles. The van der Waals surface area contributed by atoms with Gasteiger partial charge in [-0.3, -0.25) is 59.6 Å². The van der Waals surface area contributed by atoms with Crippen molar-refractivity contribution in [3.8, 4) is 0 Å². The van der Waals surface area contributed by atoms with Gasteiger partial charge in [0.15, 0.2) is 0 Å². The van der Waals surface area contributed by atoms with Gasteiger partial charge in [0.05, 0.1) is 0 Å². The van der Waals surface area contributed by atoms with Gasteiger partial charge in [-0.2, -0.15) is 0 Å². The minimum absolute atomic E-state index is 0.000572. The zero-order chi connectivity index (χ0) is 57.2. The van der Waals surface area contributed by atoms with Gasteiger partial charge >= 0.3 is 97.1 Å². The van der Waals surface area contributed by atoms with E-state index in [0.717, 1.165) is 0 Å². The van der Waals surface area contributed by atoms with E-state index < -0.39 is 191 Å². The van der Waals surface area contributed by atoms with Crippen molar-refractivity contribution in [1.29, 1.82) is 0 Å². The molecule has 0 fully saturated rings. The summed E-state index contributed by atoms with van der Waals surface area (Å²) < 4.78 is 155. The van der Waals surface area contributed by atoms with Crippen LogP contribution in [0.3, 0.4) is 0 Å². The van der Waals surface area contributed by atoms with Gasteiger partial charge in [0.25, 0.3) is 14.6 Å². The Morgan fingerprint density at radius 1 is 0.386 bits per heavy atom. The minimum atomic E-state index is -8.55. The molecule has 0 aliphatic carbocycles. The Balaban J connectivity index is 11.2. The Morgan fingerprint density at radius 3 is 0.729 bits per heavy atom. The van der Waals surface area contributed by atoms with E-state index in [4.69, 9.17) is 0 Å². The number of hydrogen-bond donors (Lipinski definition) is 25. The van der Waals surface area contributed by atoms with E-state index >= 15 is 0 Å². The maximum atomic E-state index is 14.1. The van der Waals surface area contributed by atoms with Crippen molar-refractivity contribution in [2.75, 3.05) is 25.4 Å². The van der Waals surface area contributed by atoms with E-state index in [1.807, 2.05) is 0 Å². The van der Waals surface area contributed by atoms with Crippen molar-refractivity contribution in [2.45, 2.75) is 58.0 Å². The third-order valence-electron chi connectivity index (χ3n) is 8.81. The van der Waals surface area contributed by atoms with Gasteiger partial charge in [-0.1, -0.05) is 20.8 Å². The molecule has 0 saturated heterocycles. The summed E-state index contributed by atoms with van der Waals surface area (Å²) in [5.41, 5.74) is -14.0. The lowest BCUT2D eigenvalue weighted by Gasteiger charge is -2.60. The average Bonchev–Trinajstić information content (AvgIpc) is 3.00. The average molecular weight is 1290 g/mol. The molecule has 70 heavy (non-hydrogen) atoms. The molecule has 0 heterocycles. The predicted octanol–water partition coefficient (Wildman–Crippen LogP) is -4.74. The third kappa shape index (κ3) is 13.8. The molecule has 42 nitrogen and oxygen atoms in total. The van der Waals surface area contributed by atoms with E-state index in [1.165, 1.54) is 0 Å². The van der Waals surface area contributed by atoms with Crippen LogP contribution in [-0.4, -0.2) is 211 Å². The molecule has 0 bridgehead atoms. The molecule has 1 atom stereocenters. The zero-order valence-corrected chi connectivity index (χ0v) is 45.7. The molecule has 0 aliphatic rings. The van der Waals surface area contributed by atoms with Crippen LogP contribution >= 0.6 is 103 Å². The van der Waals surface area contributed by atoms with Crippen LogP contribution in [0.5, 0.6) is 0 Å². The largest absolute Gasteiger partial charge is 0.480 e. The molecule has 0 saturated carbocycles. The lowest BCUT2D eigenvalue weighted by atomic mass is 10.3. The monoisotopic (exact) mass is 1290 g/mol. The highest BCUT2D eigenvalue weighted by atomic mass is 32.2. The van der Waals surface area contributed by atoms with Crippen LogP contribution in [0.1, 0.15) is 20.8 Å². The molecule has 25 N–H and O–H groups in total. The van der Waals surface area contributed by atoms with Gasteiger partial charge in [-0.25, -0.2) is 19.6 Å². The van der Waals surface area contributed by atoms with Crippen LogP contribution in [0.15, 0.2) is 0 Å². The second-order valence-corrected chi connectivity index (χ2v) is 37.9. The van der Waals surface area contributed by atoms with Crippen molar-refractivity contribution in [3.63, 3.8) is 0 Å². The molecule has 0 aromatic rings. The lowest BCUT2D eigenvalue weighted by Crippen LogP contribution is -2.76. The zero-order valence-electron chi connectivity index (χ0n) is 34.2. The molecule has 0 rings (SSSR count). The SMILES string of the molecule is CCN(C(P(=O)(O)O)P(=O)(O)O)C(SC[C@@H](C(=O)O)N(C(N(CC)C(P(=O)(O)O)P(=O)(O)O)(P(=O)(O)O)P(=O)(O)O)C(N(CC)C(P(=O)(O)O)P(=O)(O)O)(P(=O)(O)O)P(=O)(O)O)(P(=O)(O)O)P(=O)(O)O. The number of nitrogens with zero attached hydrogens (tertiary/aromatic N) is 4. The van der Waals surface area contributed by atoms with Crippen LogP contribution < -0.4 is 0 Å². The molecule has 0 spiro atoms. The van der Waals surface area contributed by atoms with E-state index in [0.29, 0.717) is 0 Å². The maximum Gasteiger partial charge on any atom is 0.373 e. The number of rotatable bonds is 28. The summed E-state index contributed by atoms with van der Waals surface area (Å²) in [5, 5.41) is -2.56. The number of carbonyl (C=O) groups is 1. The highest BCUT2D eigenvalue weighted by molar-refractivity contribution is 8.13. The van der Waals surface area contributed by atoms with Crippen molar-refractivity contribution < 1.29 is 182 Å². The quantitative estimate of drug-likeness (QED) is 0.0258. The van der Waals surface area contributed by atoms with Gasteiger partial charge in [0.1, 0.15) is 6.04 Å². The van der Waals surface area contributed by atoms with Crippen LogP contribution in [-0.2, 0) is 59.6 Å². The molecule has 0 aliphatic heterocycles. The third-order valence-corrected chi connectivity index (χ3v) is 34.5. The van der Waals surface area contributed by atoms with E-state index in [1.54, 1.807) is 0 Å². The fourth-order valence-electron chi connectivity index (χ4n) is 6.93. The fraction of sp³-hybridized carbons (Fsp3) is 0.933. The summed E-state index contributed by atoms with van der Waals surface area (Å²) in [5.74, 6) is -6.96. The Hall–Kier alpha value is 1.46. The number of thioether (sulfide) groups is 1. The molecule has 0 unspecified atom stereocenters. The fourth-order valence-corrected chi connectivity index (χ4v) is 30.1. The topological polar surface area (TPSA) is 741 Å². The number of carboxylic acid groups (broad SMARTS) is 1. The van der Waals surface area contributed by atoms with E-state index in [2.05, 4.69) is 0 Å². The first-order valence-electron chi connectivity index (χ1n) is 16.7. The smallest absolute Gasteiger partial charge is 0.373 e. The molecular formula is C15H46N4O38P12S. The Morgan fingerprint density at radius 2 is 0.586 bits per heavy atom. The van der Waals surface area contributed by atoms with Gasteiger partial charge in [-0.05, 0) is 19.6 Å². The van der Waals surface area contributed by atoms with Crippen molar-refractivity contribution in [3.05, 3.63) is 0 Å². The molecule has 0 radical (unpaired) electrons. The highest BCUT2D eigenvalue weighted by Crippen LogP contribution is 2.85. The Kier molecular flexibility index (Phi) is 22.8. The van der Waals surface area contributed by atoms with Crippen LogP contribution in [0.4, 0.5) is 0 Å². The first kappa shape index (κ1) is 71.5. The minimum Gasteiger partial charge on any atom is -0.480 e. The summed E-state index contributed by atoms with van der Waals surface area (Å²) in [6.07, 6.45) is 0. The molecule has 420 valence electrons. The van der Waals surface area contributed by atoms with Crippen LogP contribution in [0, 0.1) is 0 Å². The highest BCUT2D eigenvalue weighted by Gasteiger charge is 2.85. The predicted molar refractivity (Wildman–Crippen MR) is 227 cm³/mol. The molecule has 0 aromatic carbocycles. The summed E-state index contributed by atoms with van der Waals surface area (Å²) in [6, 6.07) is -4.99.